The Balaban J connectivity index is 2.27. The van der Waals surface area contributed by atoms with Gasteiger partial charge in [0.2, 0.25) is 5.91 Å². The normalized spacial score (nSPS) is 18.9. The van der Waals surface area contributed by atoms with Gasteiger partial charge >= 0.3 is 0 Å². The predicted molar refractivity (Wildman–Crippen MR) is 74.7 cm³/mol. The zero-order chi connectivity index (χ0) is 13.1. The minimum absolute atomic E-state index is 0.243. The third-order valence-electron chi connectivity index (χ3n) is 3.48. The monoisotopic (exact) mass is 246 g/mol. The van der Waals surface area contributed by atoms with Gasteiger partial charge in [-0.1, -0.05) is 32.0 Å². The van der Waals surface area contributed by atoms with E-state index in [2.05, 4.69) is 31.3 Å². The van der Waals surface area contributed by atoms with Gasteiger partial charge in [-0.3, -0.25) is 4.79 Å². The van der Waals surface area contributed by atoms with Crippen LogP contribution in [0.5, 0.6) is 0 Å². The standard InChI is InChI=1S/C15H22N2O/c1-11(2)10-15(18)17-9-8-13(16-3)12-6-4-5-7-14(12)17/h4-7,11,13,16H,8-10H2,1-3H3. The number of amides is 1. The van der Waals surface area contributed by atoms with Crippen LogP contribution in [0.25, 0.3) is 0 Å². The lowest BCUT2D eigenvalue weighted by Crippen LogP contribution is -2.39. The first kappa shape index (κ1) is 13.1. The zero-order valence-electron chi connectivity index (χ0n) is 11.4. The van der Waals surface area contributed by atoms with Gasteiger partial charge in [0.1, 0.15) is 0 Å². The zero-order valence-corrected chi connectivity index (χ0v) is 11.4. The van der Waals surface area contributed by atoms with E-state index in [1.165, 1.54) is 5.56 Å². The molecule has 0 saturated heterocycles. The second-order valence-corrected chi connectivity index (χ2v) is 5.33. The Bertz CT molecular complexity index is 428. The van der Waals surface area contributed by atoms with Crippen molar-refractivity contribution in [1.29, 1.82) is 0 Å². The molecule has 1 atom stereocenters. The maximum absolute atomic E-state index is 12.3. The summed E-state index contributed by atoms with van der Waals surface area (Å²) in [6, 6.07) is 8.58. The summed E-state index contributed by atoms with van der Waals surface area (Å²) in [5.41, 5.74) is 2.32. The maximum Gasteiger partial charge on any atom is 0.227 e. The van der Waals surface area contributed by atoms with E-state index < -0.39 is 0 Å². The molecule has 3 nitrogen and oxygen atoms in total. The van der Waals surface area contributed by atoms with Crippen LogP contribution in [0, 0.1) is 5.92 Å². The number of anilines is 1. The van der Waals surface area contributed by atoms with Crippen molar-refractivity contribution in [2.75, 3.05) is 18.5 Å². The summed E-state index contributed by atoms with van der Waals surface area (Å²) in [7, 11) is 1.98. The summed E-state index contributed by atoms with van der Waals surface area (Å²) in [5.74, 6) is 0.652. The van der Waals surface area contributed by atoms with Crippen molar-refractivity contribution in [3.8, 4) is 0 Å². The summed E-state index contributed by atoms with van der Waals surface area (Å²) in [4.78, 5) is 14.2. The fourth-order valence-corrected chi connectivity index (χ4v) is 2.58. The van der Waals surface area contributed by atoms with Gasteiger partial charge in [0.05, 0.1) is 0 Å². The number of hydrogen-bond donors (Lipinski definition) is 1. The van der Waals surface area contributed by atoms with Gasteiger partial charge < -0.3 is 10.2 Å². The SMILES string of the molecule is CNC1CCN(C(=O)CC(C)C)c2ccccc21. The van der Waals surface area contributed by atoms with Gasteiger partial charge in [-0.25, -0.2) is 0 Å². The summed E-state index contributed by atoms with van der Waals surface area (Å²) in [6.45, 7) is 4.99. The number of carbonyl (C=O) groups is 1. The molecule has 1 aromatic rings. The van der Waals surface area contributed by atoms with Gasteiger partial charge in [-0.05, 0) is 31.0 Å². The molecule has 1 N–H and O–H groups in total. The van der Waals surface area contributed by atoms with Crippen LogP contribution in [0.3, 0.4) is 0 Å². The molecular formula is C15H22N2O. The molecule has 1 unspecified atom stereocenters. The number of carbonyl (C=O) groups excluding carboxylic acids is 1. The molecule has 1 aliphatic heterocycles. The van der Waals surface area contributed by atoms with Crippen molar-refractivity contribution < 1.29 is 4.79 Å². The van der Waals surface area contributed by atoms with Gasteiger partial charge in [-0.2, -0.15) is 0 Å². The molecule has 98 valence electrons. The van der Waals surface area contributed by atoms with E-state index in [0.29, 0.717) is 18.4 Å². The lowest BCUT2D eigenvalue weighted by molar-refractivity contribution is -0.119. The Labute approximate surface area is 109 Å². The highest BCUT2D eigenvalue weighted by atomic mass is 16.2. The Hall–Kier alpha value is -1.35. The molecule has 1 aromatic carbocycles. The van der Waals surface area contributed by atoms with Crippen molar-refractivity contribution in [1.82, 2.24) is 5.32 Å². The molecule has 0 bridgehead atoms. The fourth-order valence-electron chi connectivity index (χ4n) is 2.58. The van der Waals surface area contributed by atoms with E-state index in [9.17, 15) is 4.79 Å². The third-order valence-corrected chi connectivity index (χ3v) is 3.48. The maximum atomic E-state index is 12.3. The van der Waals surface area contributed by atoms with Gasteiger partial charge in [-0.15, -0.1) is 0 Å². The molecule has 2 rings (SSSR count). The third kappa shape index (κ3) is 2.56. The lowest BCUT2D eigenvalue weighted by Gasteiger charge is -2.34. The van der Waals surface area contributed by atoms with Crippen LogP contribution in [0.4, 0.5) is 5.69 Å². The number of rotatable bonds is 3. The highest BCUT2D eigenvalue weighted by molar-refractivity contribution is 5.94. The summed E-state index contributed by atoms with van der Waals surface area (Å²) < 4.78 is 0. The van der Waals surface area contributed by atoms with Gasteiger partial charge in [0, 0.05) is 24.7 Å². The van der Waals surface area contributed by atoms with Crippen LogP contribution < -0.4 is 10.2 Å². The minimum Gasteiger partial charge on any atom is -0.313 e. The second-order valence-electron chi connectivity index (χ2n) is 5.33. The molecule has 0 saturated carbocycles. The number of nitrogens with zero attached hydrogens (tertiary/aromatic N) is 1. The van der Waals surface area contributed by atoms with Crippen molar-refractivity contribution in [3.05, 3.63) is 29.8 Å². The quantitative estimate of drug-likeness (QED) is 0.889. The molecule has 18 heavy (non-hydrogen) atoms. The van der Waals surface area contributed by atoms with Crippen LogP contribution in [-0.4, -0.2) is 19.5 Å². The van der Waals surface area contributed by atoms with Gasteiger partial charge in [0.15, 0.2) is 0 Å². The Morgan fingerprint density at radius 2 is 2.17 bits per heavy atom. The van der Waals surface area contributed by atoms with Crippen LogP contribution in [0.15, 0.2) is 24.3 Å². The first-order valence-electron chi connectivity index (χ1n) is 6.70. The fraction of sp³-hybridized carbons (Fsp3) is 0.533. The van der Waals surface area contributed by atoms with Crippen LogP contribution in [-0.2, 0) is 4.79 Å². The van der Waals surface area contributed by atoms with Crippen molar-refractivity contribution >= 4 is 11.6 Å². The largest absolute Gasteiger partial charge is 0.313 e. The van der Waals surface area contributed by atoms with Gasteiger partial charge in [0.25, 0.3) is 0 Å². The Kier molecular flexibility index (Phi) is 4.02. The number of para-hydroxylation sites is 1. The second kappa shape index (κ2) is 5.53. The van der Waals surface area contributed by atoms with Crippen molar-refractivity contribution in [2.45, 2.75) is 32.7 Å². The number of fused-ring (bicyclic) bond motifs is 1. The molecule has 1 heterocycles. The molecule has 3 heteroatoms. The smallest absolute Gasteiger partial charge is 0.227 e. The van der Waals surface area contributed by atoms with E-state index in [1.54, 1.807) is 0 Å². The van der Waals surface area contributed by atoms with E-state index in [1.807, 2.05) is 24.1 Å². The van der Waals surface area contributed by atoms with E-state index in [0.717, 1.165) is 18.7 Å². The van der Waals surface area contributed by atoms with Crippen LogP contribution in [0.2, 0.25) is 0 Å². The lowest BCUT2D eigenvalue weighted by atomic mass is 9.95. The average molecular weight is 246 g/mol. The van der Waals surface area contributed by atoms with E-state index in [4.69, 9.17) is 0 Å². The van der Waals surface area contributed by atoms with Crippen molar-refractivity contribution in [2.24, 2.45) is 5.92 Å². The summed E-state index contributed by atoms with van der Waals surface area (Å²) >= 11 is 0. The average Bonchev–Trinajstić information content (AvgIpc) is 2.36. The molecule has 0 spiro atoms. The molecule has 0 radical (unpaired) electrons. The Morgan fingerprint density at radius 3 is 2.83 bits per heavy atom. The molecule has 0 fully saturated rings. The Morgan fingerprint density at radius 1 is 1.44 bits per heavy atom. The molecule has 1 aliphatic rings. The number of nitrogens with one attached hydrogen (secondary N) is 1. The topological polar surface area (TPSA) is 32.3 Å². The summed E-state index contributed by atoms with van der Waals surface area (Å²) in [6.07, 6.45) is 1.61. The molecular weight excluding hydrogens is 224 g/mol. The van der Waals surface area contributed by atoms with Crippen molar-refractivity contribution in [3.63, 3.8) is 0 Å². The summed E-state index contributed by atoms with van der Waals surface area (Å²) in [5, 5.41) is 3.32. The highest BCUT2D eigenvalue weighted by Gasteiger charge is 2.27. The minimum atomic E-state index is 0.243. The molecule has 0 aliphatic carbocycles. The molecule has 0 aromatic heterocycles. The van der Waals surface area contributed by atoms with E-state index in [-0.39, 0.29) is 5.91 Å². The first-order chi connectivity index (χ1) is 8.63. The number of benzene rings is 1. The predicted octanol–water partition coefficient (Wildman–Crippen LogP) is 2.73. The first-order valence-corrected chi connectivity index (χ1v) is 6.70. The highest BCUT2D eigenvalue weighted by Crippen LogP contribution is 2.33. The van der Waals surface area contributed by atoms with Crippen LogP contribution in [0.1, 0.15) is 38.3 Å². The molecule has 1 amide bonds. The number of hydrogen-bond acceptors (Lipinski definition) is 2. The van der Waals surface area contributed by atoms with Crippen LogP contribution >= 0.6 is 0 Å². The van der Waals surface area contributed by atoms with E-state index >= 15 is 0 Å².